The zero-order chi connectivity index (χ0) is 13.8. The zero-order valence-electron chi connectivity index (χ0n) is 10.3. The topological polar surface area (TPSA) is 35.8 Å². The van der Waals surface area contributed by atoms with E-state index in [9.17, 15) is 5.26 Å². The van der Waals surface area contributed by atoms with Crippen molar-refractivity contribution >= 4 is 33.2 Å². The number of nitrogens with zero attached hydrogens (tertiary/aromatic N) is 1. The van der Waals surface area contributed by atoms with Crippen molar-refractivity contribution in [2.45, 2.75) is 13.0 Å². The van der Waals surface area contributed by atoms with Crippen LogP contribution in [0.2, 0.25) is 5.02 Å². The molecule has 0 saturated heterocycles. The number of nitrogens with one attached hydrogen (secondary N) is 1. The highest BCUT2D eigenvalue weighted by Crippen LogP contribution is 2.28. The van der Waals surface area contributed by atoms with Crippen LogP contribution < -0.4 is 5.32 Å². The molecule has 0 heterocycles. The average Bonchev–Trinajstić information content (AvgIpc) is 2.41. The van der Waals surface area contributed by atoms with E-state index in [2.05, 4.69) is 27.3 Å². The van der Waals surface area contributed by atoms with Gasteiger partial charge in [0.1, 0.15) is 6.04 Å². The molecule has 0 aliphatic carbocycles. The molecule has 0 fully saturated rings. The highest BCUT2D eigenvalue weighted by molar-refractivity contribution is 9.10. The first-order valence-corrected chi connectivity index (χ1v) is 6.95. The Balaban J connectivity index is 2.28. The van der Waals surface area contributed by atoms with Crippen LogP contribution in [0.4, 0.5) is 5.69 Å². The number of benzene rings is 2. The third kappa shape index (κ3) is 3.28. The van der Waals surface area contributed by atoms with E-state index in [1.807, 2.05) is 49.4 Å². The molecule has 2 aromatic carbocycles. The number of para-hydroxylation sites is 1. The fourth-order valence-electron chi connectivity index (χ4n) is 1.71. The highest BCUT2D eigenvalue weighted by Gasteiger charge is 2.12. The maximum Gasteiger partial charge on any atom is 0.140 e. The van der Waals surface area contributed by atoms with Crippen LogP contribution in [0.3, 0.4) is 0 Å². The molecule has 1 unspecified atom stereocenters. The van der Waals surface area contributed by atoms with Crippen LogP contribution in [0.15, 0.2) is 46.9 Å². The number of nitriles is 1. The second-order valence-electron chi connectivity index (χ2n) is 4.19. The summed E-state index contributed by atoms with van der Waals surface area (Å²) in [7, 11) is 0. The molecule has 2 aromatic rings. The van der Waals surface area contributed by atoms with Crippen LogP contribution in [-0.2, 0) is 0 Å². The Morgan fingerprint density at radius 3 is 2.63 bits per heavy atom. The van der Waals surface area contributed by atoms with Gasteiger partial charge in [0.25, 0.3) is 0 Å². The van der Waals surface area contributed by atoms with Gasteiger partial charge in [0.2, 0.25) is 0 Å². The van der Waals surface area contributed by atoms with E-state index < -0.39 is 6.04 Å². The number of rotatable bonds is 3. The monoisotopic (exact) mass is 334 g/mol. The van der Waals surface area contributed by atoms with Crippen LogP contribution in [0.1, 0.15) is 17.2 Å². The Labute approximate surface area is 126 Å². The second-order valence-corrected chi connectivity index (χ2v) is 5.46. The first-order valence-electron chi connectivity index (χ1n) is 5.78. The van der Waals surface area contributed by atoms with Crippen molar-refractivity contribution in [2.24, 2.45) is 0 Å². The molecular weight excluding hydrogens is 324 g/mol. The van der Waals surface area contributed by atoms with Gasteiger partial charge in [-0.15, -0.1) is 0 Å². The van der Waals surface area contributed by atoms with E-state index in [0.29, 0.717) is 5.02 Å². The Kier molecular flexibility index (Phi) is 4.47. The summed E-state index contributed by atoms with van der Waals surface area (Å²) in [5.74, 6) is 0. The largest absolute Gasteiger partial charge is 0.365 e. The second kappa shape index (κ2) is 6.10. The van der Waals surface area contributed by atoms with Gasteiger partial charge in [-0.25, -0.2) is 0 Å². The molecule has 2 rings (SSSR count). The van der Waals surface area contributed by atoms with Crippen molar-refractivity contribution in [1.82, 2.24) is 0 Å². The van der Waals surface area contributed by atoms with Crippen molar-refractivity contribution in [3.63, 3.8) is 0 Å². The number of anilines is 1. The van der Waals surface area contributed by atoms with Gasteiger partial charge in [-0.05, 0) is 52.2 Å². The summed E-state index contributed by atoms with van der Waals surface area (Å²) < 4.78 is 0.924. The third-order valence-corrected chi connectivity index (χ3v) is 3.93. The van der Waals surface area contributed by atoms with Crippen molar-refractivity contribution in [3.8, 4) is 6.07 Å². The lowest BCUT2D eigenvalue weighted by molar-refractivity contribution is 0.994. The molecule has 2 nitrogen and oxygen atoms in total. The minimum Gasteiger partial charge on any atom is -0.365 e. The molecule has 0 radical (unpaired) electrons. The summed E-state index contributed by atoms with van der Waals surface area (Å²) in [6, 6.07) is 15.2. The van der Waals surface area contributed by atoms with E-state index in [1.165, 1.54) is 0 Å². The molecule has 0 bridgehead atoms. The summed E-state index contributed by atoms with van der Waals surface area (Å²) in [6.45, 7) is 1.94. The van der Waals surface area contributed by atoms with Gasteiger partial charge in [-0.3, -0.25) is 0 Å². The van der Waals surface area contributed by atoms with E-state index in [4.69, 9.17) is 11.6 Å². The summed E-state index contributed by atoms with van der Waals surface area (Å²) >= 11 is 9.56. The van der Waals surface area contributed by atoms with Crippen LogP contribution >= 0.6 is 27.5 Å². The number of hydrogen-bond acceptors (Lipinski definition) is 2. The molecule has 4 heteroatoms. The Hall–Kier alpha value is -1.50. The van der Waals surface area contributed by atoms with Gasteiger partial charge in [0.05, 0.1) is 6.07 Å². The van der Waals surface area contributed by atoms with Crippen LogP contribution in [0.25, 0.3) is 0 Å². The van der Waals surface area contributed by atoms with Crippen molar-refractivity contribution < 1.29 is 0 Å². The molecule has 0 aliphatic rings. The van der Waals surface area contributed by atoms with E-state index >= 15 is 0 Å². The van der Waals surface area contributed by atoms with Crippen molar-refractivity contribution in [3.05, 3.63) is 63.1 Å². The Bertz CT molecular complexity index is 634. The maximum atomic E-state index is 9.32. The molecule has 1 N–H and O–H groups in total. The van der Waals surface area contributed by atoms with Crippen LogP contribution in [0.5, 0.6) is 0 Å². The average molecular weight is 336 g/mol. The lowest BCUT2D eigenvalue weighted by Gasteiger charge is -2.15. The van der Waals surface area contributed by atoms with Gasteiger partial charge < -0.3 is 5.32 Å². The Morgan fingerprint density at radius 2 is 2.00 bits per heavy atom. The van der Waals surface area contributed by atoms with Crippen molar-refractivity contribution in [2.75, 3.05) is 5.32 Å². The van der Waals surface area contributed by atoms with E-state index in [-0.39, 0.29) is 0 Å². The van der Waals surface area contributed by atoms with Gasteiger partial charge in [-0.1, -0.05) is 35.9 Å². The summed E-state index contributed by atoms with van der Waals surface area (Å²) in [5.41, 5.74) is 2.74. The standard InChI is InChI=1S/C15H12BrClN2/c1-10-6-7-11(8-13(10)17)15(9-18)19-14-5-3-2-4-12(14)16/h2-8,15,19H,1H3. The number of hydrogen-bond donors (Lipinski definition) is 1. The first-order chi connectivity index (χ1) is 9.11. The number of halogens is 2. The molecule has 96 valence electrons. The molecule has 0 aromatic heterocycles. The van der Waals surface area contributed by atoms with Crippen molar-refractivity contribution in [1.29, 1.82) is 5.26 Å². The van der Waals surface area contributed by atoms with Crippen LogP contribution in [0, 0.1) is 18.3 Å². The molecule has 19 heavy (non-hydrogen) atoms. The minimum atomic E-state index is -0.434. The molecule has 0 spiro atoms. The summed E-state index contributed by atoms with van der Waals surface area (Å²) in [6.07, 6.45) is 0. The Morgan fingerprint density at radius 1 is 1.26 bits per heavy atom. The van der Waals surface area contributed by atoms with Gasteiger partial charge in [-0.2, -0.15) is 5.26 Å². The third-order valence-electron chi connectivity index (χ3n) is 2.83. The molecule has 0 amide bonds. The highest BCUT2D eigenvalue weighted by atomic mass is 79.9. The van der Waals surface area contributed by atoms with Crippen LogP contribution in [-0.4, -0.2) is 0 Å². The van der Waals surface area contributed by atoms with Gasteiger partial charge in [0.15, 0.2) is 0 Å². The molecule has 0 saturated carbocycles. The lowest BCUT2D eigenvalue weighted by Crippen LogP contribution is -2.09. The van der Waals surface area contributed by atoms with Gasteiger partial charge in [0, 0.05) is 15.2 Å². The van der Waals surface area contributed by atoms with E-state index in [0.717, 1.165) is 21.3 Å². The predicted molar refractivity (Wildman–Crippen MR) is 82.3 cm³/mol. The number of aryl methyl sites for hydroxylation is 1. The summed E-state index contributed by atoms with van der Waals surface area (Å²) in [5, 5.41) is 13.2. The minimum absolute atomic E-state index is 0.434. The zero-order valence-corrected chi connectivity index (χ0v) is 12.7. The summed E-state index contributed by atoms with van der Waals surface area (Å²) in [4.78, 5) is 0. The molecular formula is C15H12BrClN2. The predicted octanol–water partition coefficient (Wildman–Crippen LogP) is 5.09. The molecule has 0 aliphatic heterocycles. The lowest BCUT2D eigenvalue weighted by atomic mass is 10.1. The maximum absolute atomic E-state index is 9.32. The first kappa shape index (κ1) is 13.9. The van der Waals surface area contributed by atoms with E-state index in [1.54, 1.807) is 0 Å². The smallest absolute Gasteiger partial charge is 0.140 e. The van der Waals surface area contributed by atoms with Gasteiger partial charge >= 0.3 is 0 Å². The normalized spacial score (nSPS) is 11.7. The quantitative estimate of drug-likeness (QED) is 0.848. The fourth-order valence-corrected chi connectivity index (χ4v) is 2.30. The fraction of sp³-hybridized carbons (Fsp3) is 0.133. The molecule has 1 atom stereocenters. The SMILES string of the molecule is Cc1ccc(C(C#N)Nc2ccccc2Br)cc1Cl.